The van der Waals surface area contributed by atoms with Crippen molar-refractivity contribution in [2.45, 2.75) is 13.8 Å². The summed E-state index contributed by atoms with van der Waals surface area (Å²) in [5.74, 6) is -0.632. The third kappa shape index (κ3) is 3.93. The number of ether oxygens (including phenoxy) is 1. The lowest BCUT2D eigenvalue weighted by Gasteiger charge is -2.04. The first-order valence-corrected chi connectivity index (χ1v) is 7.58. The van der Waals surface area contributed by atoms with Gasteiger partial charge in [-0.15, -0.1) is 11.3 Å². The summed E-state index contributed by atoms with van der Waals surface area (Å²) in [6.07, 6.45) is 1.35. The van der Waals surface area contributed by atoms with E-state index in [1.165, 1.54) is 6.20 Å². The highest BCUT2D eigenvalue weighted by Gasteiger charge is 2.09. The molecule has 6 heteroatoms. The highest BCUT2D eigenvalue weighted by atomic mass is 32.1. The molecule has 2 rings (SSSR count). The molecule has 1 aromatic heterocycles. The van der Waals surface area contributed by atoms with Crippen LogP contribution in [0.25, 0.3) is 11.3 Å². The van der Waals surface area contributed by atoms with Gasteiger partial charge in [0.2, 0.25) is 0 Å². The van der Waals surface area contributed by atoms with Gasteiger partial charge in [0.15, 0.2) is 5.57 Å². The van der Waals surface area contributed by atoms with Crippen LogP contribution in [0.1, 0.15) is 11.9 Å². The predicted octanol–water partition coefficient (Wildman–Crippen LogP) is 3.50. The third-order valence-corrected chi connectivity index (χ3v) is 3.57. The first-order chi connectivity index (χ1) is 10.6. The van der Waals surface area contributed by atoms with E-state index in [0.717, 1.165) is 22.0 Å². The van der Waals surface area contributed by atoms with E-state index in [1.54, 1.807) is 18.3 Å². The fourth-order valence-electron chi connectivity index (χ4n) is 1.73. The smallest absolute Gasteiger partial charge is 0.350 e. The average Bonchev–Trinajstić information content (AvgIpc) is 2.95. The number of nitrogens with zero attached hydrogens (tertiary/aromatic N) is 2. The lowest BCUT2D eigenvalue weighted by molar-refractivity contribution is -0.138. The molecule has 1 N–H and O–H groups in total. The highest BCUT2D eigenvalue weighted by Crippen LogP contribution is 2.23. The summed E-state index contributed by atoms with van der Waals surface area (Å²) in [5, 5.41) is 14.9. The monoisotopic (exact) mass is 313 g/mol. The zero-order valence-corrected chi connectivity index (χ0v) is 13.1. The molecule has 0 atom stereocenters. The van der Waals surface area contributed by atoms with E-state index in [2.05, 4.69) is 10.3 Å². The van der Waals surface area contributed by atoms with E-state index >= 15 is 0 Å². The predicted molar refractivity (Wildman–Crippen MR) is 86.2 cm³/mol. The van der Waals surface area contributed by atoms with Crippen molar-refractivity contribution in [3.63, 3.8) is 0 Å². The van der Waals surface area contributed by atoms with Crippen LogP contribution < -0.4 is 5.32 Å². The first-order valence-electron chi connectivity index (χ1n) is 6.70. The number of esters is 1. The molecule has 5 nitrogen and oxygen atoms in total. The van der Waals surface area contributed by atoms with Crippen LogP contribution in [0, 0.1) is 18.3 Å². The highest BCUT2D eigenvalue weighted by molar-refractivity contribution is 7.09. The van der Waals surface area contributed by atoms with Crippen molar-refractivity contribution in [3.05, 3.63) is 46.4 Å². The van der Waals surface area contributed by atoms with Gasteiger partial charge in [-0.05, 0) is 26.0 Å². The van der Waals surface area contributed by atoms with E-state index in [9.17, 15) is 4.79 Å². The number of carbonyl (C=O) groups excluding carboxylic acids is 1. The number of nitrogens with one attached hydrogen (secondary N) is 1. The Hall–Kier alpha value is -2.65. The van der Waals surface area contributed by atoms with Gasteiger partial charge in [-0.25, -0.2) is 9.78 Å². The van der Waals surface area contributed by atoms with Gasteiger partial charge >= 0.3 is 5.97 Å². The van der Waals surface area contributed by atoms with Crippen LogP contribution >= 0.6 is 11.3 Å². The van der Waals surface area contributed by atoms with Gasteiger partial charge in [0, 0.05) is 22.8 Å². The Morgan fingerprint density at radius 2 is 2.18 bits per heavy atom. The van der Waals surface area contributed by atoms with Gasteiger partial charge in [0.1, 0.15) is 6.07 Å². The number of anilines is 1. The molecular weight excluding hydrogens is 298 g/mol. The Labute approximate surface area is 132 Å². The summed E-state index contributed by atoms with van der Waals surface area (Å²) in [6, 6.07) is 9.40. The van der Waals surface area contributed by atoms with Crippen molar-refractivity contribution in [2.75, 3.05) is 11.9 Å². The molecule has 22 heavy (non-hydrogen) atoms. The number of aryl methyl sites for hydroxylation is 1. The van der Waals surface area contributed by atoms with Crippen LogP contribution in [0.3, 0.4) is 0 Å². The van der Waals surface area contributed by atoms with Crippen molar-refractivity contribution in [1.29, 1.82) is 5.26 Å². The quantitative estimate of drug-likeness (QED) is 0.519. The normalized spacial score (nSPS) is 10.9. The van der Waals surface area contributed by atoms with Crippen molar-refractivity contribution in [2.24, 2.45) is 0 Å². The molecule has 0 fully saturated rings. The second kappa shape index (κ2) is 7.38. The fourth-order valence-corrected chi connectivity index (χ4v) is 2.36. The molecular formula is C16H15N3O2S. The third-order valence-electron chi connectivity index (χ3n) is 2.80. The zero-order chi connectivity index (χ0) is 15.9. The summed E-state index contributed by atoms with van der Waals surface area (Å²) in [6.45, 7) is 3.90. The molecule has 1 heterocycles. The molecule has 0 aliphatic heterocycles. The Bertz CT molecular complexity index is 727. The maximum atomic E-state index is 11.5. The van der Waals surface area contributed by atoms with Crippen molar-refractivity contribution in [3.8, 4) is 17.3 Å². The van der Waals surface area contributed by atoms with Crippen LogP contribution in [0.4, 0.5) is 5.69 Å². The fraction of sp³-hybridized carbons (Fsp3) is 0.188. The number of carbonyl (C=O) groups is 1. The lowest BCUT2D eigenvalue weighted by Crippen LogP contribution is -2.07. The molecule has 0 radical (unpaired) electrons. The molecule has 0 unspecified atom stereocenters. The molecule has 112 valence electrons. The summed E-state index contributed by atoms with van der Waals surface area (Å²) in [5.41, 5.74) is 2.66. The first kappa shape index (κ1) is 15.7. The van der Waals surface area contributed by atoms with E-state index in [0.29, 0.717) is 0 Å². The molecule has 0 aliphatic rings. The molecule has 1 aromatic carbocycles. The molecule has 0 saturated heterocycles. The van der Waals surface area contributed by atoms with Gasteiger partial charge in [-0.2, -0.15) is 5.26 Å². The molecule has 0 aliphatic carbocycles. The Balaban J connectivity index is 2.08. The number of nitriles is 1. The second-order valence-corrected chi connectivity index (χ2v) is 5.43. The van der Waals surface area contributed by atoms with Crippen LogP contribution in [0.5, 0.6) is 0 Å². The van der Waals surface area contributed by atoms with Gasteiger partial charge in [-0.3, -0.25) is 0 Å². The summed E-state index contributed by atoms with van der Waals surface area (Å²) >= 11 is 1.60. The zero-order valence-electron chi connectivity index (χ0n) is 12.3. The number of benzene rings is 1. The Morgan fingerprint density at radius 3 is 2.73 bits per heavy atom. The number of rotatable bonds is 5. The van der Waals surface area contributed by atoms with Crippen molar-refractivity contribution in [1.82, 2.24) is 4.98 Å². The van der Waals surface area contributed by atoms with E-state index in [4.69, 9.17) is 10.00 Å². The maximum absolute atomic E-state index is 11.5. The number of hydrogen-bond donors (Lipinski definition) is 1. The minimum absolute atomic E-state index is 0.0685. The van der Waals surface area contributed by atoms with Gasteiger partial charge < -0.3 is 10.1 Å². The van der Waals surface area contributed by atoms with Gasteiger partial charge in [-0.1, -0.05) is 12.1 Å². The minimum Gasteiger partial charge on any atom is -0.462 e. The number of thiazole rings is 1. The van der Waals surface area contributed by atoms with Gasteiger partial charge in [0.05, 0.1) is 17.3 Å². The van der Waals surface area contributed by atoms with E-state index in [1.807, 2.05) is 42.6 Å². The molecule has 0 amide bonds. The number of hydrogen-bond acceptors (Lipinski definition) is 6. The SMILES string of the molecule is CCOC(=O)/C(C#N)=C/Nc1ccc(-c2csc(C)n2)cc1. The van der Waals surface area contributed by atoms with Crippen molar-refractivity contribution >= 4 is 23.0 Å². The van der Waals surface area contributed by atoms with Crippen LogP contribution in [-0.4, -0.2) is 17.6 Å². The molecule has 2 aromatic rings. The van der Waals surface area contributed by atoms with Crippen LogP contribution in [0.2, 0.25) is 0 Å². The number of aromatic nitrogens is 1. The lowest BCUT2D eigenvalue weighted by atomic mass is 10.1. The van der Waals surface area contributed by atoms with E-state index in [-0.39, 0.29) is 12.2 Å². The average molecular weight is 313 g/mol. The van der Waals surface area contributed by atoms with Crippen LogP contribution in [-0.2, 0) is 9.53 Å². The molecule has 0 saturated carbocycles. The van der Waals surface area contributed by atoms with Gasteiger partial charge in [0.25, 0.3) is 0 Å². The largest absolute Gasteiger partial charge is 0.462 e. The summed E-state index contributed by atoms with van der Waals surface area (Å²) < 4.78 is 4.79. The minimum atomic E-state index is -0.632. The van der Waals surface area contributed by atoms with Crippen LogP contribution in [0.15, 0.2) is 41.4 Å². The summed E-state index contributed by atoms with van der Waals surface area (Å²) in [7, 11) is 0. The van der Waals surface area contributed by atoms with Crippen molar-refractivity contribution < 1.29 is 9.53 Å². The maximum Gasteiger partial charge on any atom is 0.350 e. The molecule has 0 spiro atoms. The second-order valence-electron chi connectivity index (χ2n) is 4.36. The molecule has 0 bridgehead atoms. The van der Waals surface area contributed by atoms with E-state index < -0.39 is 5.97 Å². The topological polar surface area (TPSA) is 75.0 Å². The Kier molecular flexibility index (Phi) is 5.28. The Morgan fingerprint density at radius 1 is 1.45 bits per heavy atom. The summed E-state index contributed by atoms with van der Waals surface area (Å²) in [4.78, 5) is 15.9. The standard InChI is InChI=1S/C16H15N3O2S/c1-3-21-16(20)13(8-17)9-18-14-6-4-12(5-7-14)15-10-22-11(2)19-15/h4-7,9-10,18H,3H2,1-2H3/b13-9+.